The molecule has 0 unspecified atom stereocenters. The Kier molecular flexibility index (Phi) is 5.17. The number of piperidine rings is 1. The number of amides is 1. The summed E-state index contributed by atoms with van der Waals surface area (Å²) in [6.07, 6.45) is 1.14. The summed E-state index contributed by atoms with van der Waals surface area (Å²) in [5, 5.41) is 19.5. The number of aliphatic hydroxyl groups is 1. The molecule has 0 saturated carbocycles. The molecule has 0 aliphatic carbocycles. The first-order chi connectivity index (χ1) is 10.5. The molecular formula is C17H22N2O3. The van der Waals surface area contributed by atoms with Gasteiger partial charge in [-0.1, -0.05) is 6.92 Å². The van der Waals surface area contributed by atoms with Crippen molar-refractivity contribution in [3.8, 4) is 6.07 Å². The van der Waals surface area contributed by atoms with Gasteiger partial charge < -0.3 is 14.7 Å². The zero-order valence-electron chi connectivity index (χ0n) is 13.1. The summed E-state index contributed by atoms with van der Waals surface area (Å²) in [5.41, 5.74) is 0.350. The minimum Gasteiger partial charge on any atom is -0.389 e. The van der Waals surface area contributed by atoms with E-state index in [9.17, 15) is 9.90 Å². The summed E-state index contributed by atoms with van der Waals surface area (Å²) in [6.45, 7) is 3.54. The van der Waals surface area contributed by atoms with E-state index in [4.69, 9.17) is 10.00 Å². The van der Waals surface area contributed by atoms with Crippen LogP contribution in [0.15, 0.2) is 24.3 Å². The predicted molar refractivity (Wildman–Crippen MR) is 82.3 cm³/mol. The molecule has 22 heavy (non-hydrogen) atoms. The topological polar surface area (TPSA) is 73.6 Å². The van der Waals surface area contributed by atoms with E-state index in [0.29, 0.717) is 43.7 Å². The van der Waals surface area contributed by atoms with Gasteiger partial charge in [-0.3, -0.25) is 4.79 Å². The number of likely N-dealkylation sites (tertiary alicyclic amines) is 1. The number of ether oxygens (including phenoxy) is 1. The highest BCUT2D eigenvalue weighted by Crippen LogP contribution is 2.31. The van der Waals surface area contributed by atoms with E-state index in [-0.39, 0.29) is 11.8 Å². The van der Waals surface area contributed by atoms with Gasteiger partial charge in [0.1, 0.15) is 0 Å². The first kappa shape index (κ1) is 16.5. The molecule has 1 amide bonds. The molecule has 2 atom stereocenters. The molecule has 5 nitrogen and oxygen atoms in total. The monoisotopic (exact) mass is 302 g/mol. The Morgan fingerprint density at radius 3 is 2.73 bits per heavy atom. The van der Waals surface area contributed by atoms with Crippen LogP contribution in [0.25, 0.3) is 0 Å². The van der Waals surface area contributed by atoms with Crippen LogP contribution in [0.1, 0.15) is 35.7 Å². The van der Waals surface area contributed by atoms with Gasteiger partial charge in [0.2, 0.25) is 0 Å². The average molecular weight is 302 g/mol. The molecule has 1 fully saturated rings. The first-order valence-corrected chi connectivity index (χ1v) is 7.51. The lowest BCUT2D eigenvalue weighted by Gasteiger charge is -2.43. The van der Waals surface area contributed by atoms with E-state index in [1.54, 1.807) is 36.3 Å². The van der Waals surface area contributed by atoms with Gasteiger partial charge in [-0.2, -0.15) is 5.26 Å². The molecule has 0 radical (unpaired) electrons. The van der Waals surface area contributed by atoms with Crippen LogP contribution in [0.3, 0.4) is 0 Å². The van der Waals surface area contributed by atoms with Gasteiger partial charge in [0.15, 0.2) is 0 Å². The highest BCUT2D eigenvalue weighted by Gasteiger charge is 2.39. The standard InChI is InChI=1S/C17H22N2O3/c1-13-12-19(9-7-17(13,21)8-10-22-2)16(20)15-5-3-14(11-18)4-6-15/h3-6,13,21H,7-10,12H2,1-2H3/t13-,17-/m1/s1. The van der Waals surface area contributed by atoms with Crippen LogP contribution >= 0.6 is 0 Å². The van der Waals surface area contributed by atoms with Crippen molar-refractivity contribution in [3.63, 3.8) is 0 Å². The highest BCUT2D eigenvalue weighted by molar-refractivity contribution is 5.94. The van der Waals surface area contributed by atoms with Crippen molar-refractivity contribution in [2.75, 3.05) is 26.8 Å². The maximum absolute atomic E-state index is 12.5. The van der Waals surface area contributed by atoms with E-state index in [1.807, 2.05) is 13.0 Å². The van der Waals surface area contributed by atoms with Gasteiger partial charge in [0.25, 0.3) is 5.91 Å². The Morgan fingerprint density at radius 1 is 1.50 bits per heavy atom. The minimum atomic E-state index is -0.766. The van der Waals surface area contributed by atoms with Crippen LogP contribution in [-0.4, -0.2) is 48.3 Å². The molecular weight excluding hydrogens is 280 g/mol. The van der Waals surface area contributed by atoms with Crippen molar-refractivity contribution in [1.29, 1.82) is 5.26 Å². The van der Waals surface area contributed by atoms with Crippen LogP contribution in [0.4, 0.5) is 0 Å². The second-order valence-corrected chi connectivity index (χ2v) is 5.94. The zero-order chi connectivity index (χ0) is 16.2. The number of rotatable bonds is 4. The number of nitrogens with zero attached hydrogens (tertiary/aromatic N) is 2. The van der Waals surface area contributed by atoms with Crippen molar-refractivity contribution in [3.05, 3.63) is 35.4 Å². The van der Waals surface area contributed by atoms with Crippen LogP contribution < -0.4 is 0 Å². The fourth-order valence-corrected chi connectivity index (χ4v) is 2.87. The Hall–Kier alpha value is -1.90. The van der Waals surface area contributed by atoms with Crippen molar-refractivity contribution in [1.82, 2.24) is 4.90 Å². The van der Waals surface area contributed by atoms with E-state index < -0.39 is 5.60 Å². The van der Waals surface area contributed by atoms with E-state index in [0.717, 1.165) is 0 Å². The fourth-order valence-electron chi connectivity index (χ4n) is 2.87. The van der Waals surface area contributed by atoms with Crippen molar-refractivity contribution < 1.29 is 14.6 Å². The Bertz CT molecular complexity index is 564. The number of hydrogen-bond donors (Lipinski definition) is 1. The van der Waals surface area contributed by atoms with E-state index >= 15 is 0 Å². The normalized spacial score (nSPS) is 24.8. The third kappa shape index (κ3) is 3.46. The maximum atomic E-state index is 12.5. The molecule has 1 heterocycles. The molecule has 1 saturated heterocycles. The lowest BCUT2D eigenvalue weighted by Crippen LogP contribution is -2.52. The van der Waals surface area contributed by atoms with Gasteiger partial charge in [0, 0.05) is 38.3 Å². The third-order valence-corrected chi connectivity index (χ3v) is 4.51. The Balaban J connectivity index is 2.03. The van der Waals surface area contributed by atoms with Crippen LogP contribution in [0.5, 0.6) is 0 Å². The molecule has 1 aromatic carbocycles. The molecule has 0 aromatic heterocycles. The lowest BCUT2D eigenvalue weighted by molar-refractivity contribution is -0.0750. The van der Waals surface area contributed by atoms with Gasteiger partial charge >= 0.3 is 0 Å². The molecule has 0 spiro atoms. The summed E-state index contributed by atoms with van der Waals surface area (Å²) in [6, 6.07) is 8.69. The summed E-state index contributed by atoms with van der Waals surface area (Å²) in [7, 11) is 1.62. The fraction of sp³-hybridized carbons (Fsp3) is 0.529. The van der Waals surface area contributed by atoms with E-state index in [1.165, 1.54) is 0 Å². The van der Waals surface area contributed by atoms with Crippen molar-refractivity contribution in [2.24, 2.45) is 5.92 Å². The van der Waals surface area contributed by atoms with Gasteiger partial charge in [-0.05, 0) is 37.1 Å². The van der Waals surface area contributed by atoms with E-state index in [2.05, 4.69) is 0 Å². The van der Waals surface area contributed by atoms with Crippen LogP contribution in [0.2, 0.25) is 0 Å². The minimum absolute atomic E-state index is 0.00117. The quantitative estimate of drug-likeness (QED) is 0.920. The van der Waals surface area contributed by atoms with Gasteiger partial charge in [-0.15, -0.1) is 0 Å². The number of hydrogen-bond acceptors (Lipinski definition) is 4. The van der Waals surface area contributed by atoms with Crippen LogP contribution in [0, 0.1) is 17.2 Å². The molecule has 1 N–H and O–H groups in total. The second kappa shape index (κ2) is 6.91. The summed E-state index contributed by atoms with van der Waals surface area (Å²) < 4.78 is 5.06. The third-order valence-electron chi connectivity index (χ3n) is 4.51. The summed E-state index contributed by atoms with van der Waals surface area (Å²) in [4.78, 5) is 14.3. The van der Waals surface area contributed by atoms with Gasteiger partial charge in [0.05, 0.1) is 17.2 Å². The molecule has 1 aliphatic heterocycles. The number of carbonyl (C=O) groups is 1. The predicted octanol–water partition coefficient (Wildman–Crippen LogP) is 1.81. The zero-order valence-corrected chi connectivity index (χ0v) is 13.1. The molecule has 1 aromatic rings. The molecule has 2 rings (SSSR count). The number of carbonyl (C=O) groups excluding carboxylic acids is 1. The van der Waals surface area contributed by atoms with Crippen molar-refractivity contribution >= 4 is 5.91 Å². The highest BCUT2D eigenvalue weighted by atomic mass is 16.5. The SMILES string of the molecule is COCC[C@]1(O)CCN(C(=O)c2ccc(C#N)cc2)C[C@H]1C. The molecule has 0 bridgehead atoms. The largest absolute Gasteiger partial charge is 0.389 e. The number of methoxy groups -OCH3 is 1. The maximum Gasteiger partial charge on any atom is 0.253 e. The second-order valence-electron chi connectivity index (χ2n) is 5.94. The number of nitriles is 1. The Labute approximate surface area is 131 Å². The average Bonchev–Trinajstić information content (AvgIpc) is 2.55. The summed E-state index contributed by atoms with van der Waals surface area (Å²) in [5.74, 6) is -0.0520. The van der Waals surface area contributed by atoms with Crippen LogP contribution in [-0.2, 0) is 4.74 Å². The van der Waals surface area contributed by atoms with Gasteiger partial charge in [-0.25, -0.2) is 0 Å². The number of benzene rings is 1. The smallest absolute Gasteiger partial charge is 0.253 e. The molecule has 118 valence electrons. The molecule has 1 aliphatic rings. The molecule has 5 heteroatoms. The lowest BCUT2D eigenvalue weighted by atomic mass is 9.79. The Morgan fingerprint density at radius 2 is 2.18 bits per heavy atom. The first-order valence-electron chi connectivity index (χ1n) is 7.51. The summed E-state index contributed by atoms with van der Waals surface area (Å²) >= 11 is 0. The van der Waals surface area contributed by atoms with Crippen molar-refractivity contribution in [2.45, 2.75) is 25.4 Å².